The van der Waals surface area contributed by atoms with Gasteiger partial charge < -0.3 is 10.1 Å². The molecular formula is C17H17FINO2. The number of nitrogens with one attached hydrogen (secondary N) is 1. The van der Waals surface area contributed by atoms with Gasteiger partial charge in [0, 0.05) is 10.1 Å². The fourth-order valence-electron chi connectivity index (χ4n) is 1.95. The van der Waals surface area contributed by atoms with Crippen LogP contribution in [0.15, 0.2) is 42.5 Å². The monoisotopic (exact) mass is 413 g/mol. The number of rotatable bonds is 5. The second kappa shape index (κ2) is 7.58. The highest BCUT2D eigenvalue weighted by Gasteiger charge is 2.11. The summed E-state index contributed by atoms with van der Waals surface area (Å²) in [4.78, 5) is 12.1. The van der Waals surface area contributed by atoms with Crippen molar-refractivity contribution in [3.8, 4) is 5.75 Å². The van der Waals surface area contributed by atoms with Crippen molar-refractivity contribution in [1.29, 1.82) is 0 Å². The highest BCUT2D eigenvalue weighted by atomic mass is 127. The molecule has 0 unspecified atom stereocenters. The number of amides is 1. The molecule has 0 saturated heterocycles. The van der Waals surface area contributed by atoms with E-state index in [1.807, 2.05) is 60.7 Å². The van der Waals surface area contributed by atoms with Crippen molar-refractivity contribution in [2.24, 2.45) is 0 Å². The summed E-state index contributed by atoms with van der Waals surface area (Å²) in [5.74, 6) is 0.0547. The van der Waals surface area contributed by atoms with Crippen LogP contribution in [-0.2, 0) is 6.54 Å². The molecule has 0 radical (unpaired) electrons. The molecule has 0 aliphatic rings. The second-order valence-electron chi connectivity index (χ2n) is 5.12. The van der Waals surface area contributed by atoms with E-state index in [1.54, 1.807) is 6.07 Å². The zero-order chi connectivity index (χ0) is 16.1. The van der Waals surface area contributed by atoms with Gasteiger partial charge in [0.05, 0.1) is 11.7 Å². The quantitative estimate of drug-likeness (QED) is 0.749. The molecule has 0 aliphatic heterocycles. The standard InChI is InChI=1S/C17H17FINO2/c1-11(2)22-14-5-3-4-12(8-14)10-20-17(21)15-9-13(18)6-7-16(15)19/h3-9,11H,10H2,1-2H3,(H,20,21). The van der Waals surface area contributed by atoms with E-state index in [0.29, 0.717) is 15.7 Å². The number of carbonyl (C=O) groups is 1. The average molecular weight is 413 g/mol. The van der Waals surface area contributed by atoms with Crippen molar-refractivity contribution in [3.05, 3.63) is 63.0 Å². The third-order valence-electron chi connectivity index (χ3n) is 2.90. The van der Waals surface area contributed by atoms with Crippen molar-refractivity contribution in [1.82, 2.24) is 5.32 Å². The molecular weight excluding hydrogens is 396 g/mol. The third kappa shape index (κ3) is 4.69. The van der Waals surface area contributed by atoms with Gasteiger partial charge in [0.2, 0.25) is 0 Å². The number of halogens is 2. The molecule has 1 N–H and O–H groups in total. The second-order valence-corrected chi connectivity index (χ2v) is 6.28. The van der Waals surface area contributed by atoms with Crippen LogP contribution >= 0.6 is 22.6 Å². The largest absolute Gasteiger partial charge is 0.491 e. The Labute approximate surface area is 143 Å². The summed E-state index contributed by atoms with van der Waals surface area (Å²) in [6.45, 7) is 4.28. The van der Waals surface area contributed by atoms with Crippen LogP contribution < -0.4 is 10.1 Å². The maximum Gasteiger partial charge on any atom is 0.252 e. The molecule has 0 fully saturated rings. The Balaban J connectivity index is 2.03. The van der Waals surface area contributed by atoms with Gasteiger partial charge in [-0.05, 0) is 72.3 Å². The zero-order valence-electron chi connectivity index (χ0n) is 12.4. The fraction of sp³-hybridized carbons (Fsp3) is 0.235. The van der Waals surface area contributed by atoms with Crippen molar-refractivity contribution in [2.75, 3.05) is 0 Å². The topological polar surface area (TPSA) is 38.3 Å². The van der Waals surface area contributed by atoms with Gasteiger partial charge in [-0.2, -0.15) is 0 Å². The van der Waals surface area contributed by atoms with Gasteiger partial charge in [-0.25, -0.2) is 4.39 Å². The molecule has 0 aliphatic carbocycles. The molecule has 22 heavy (non-hydrogen) atoms. The maximum absolute atomic E-state index is 13.2. The number of benzene rings is 2. The lowest BCUT2D eigenvalue weighted by Crippen LogP contribution is -2.23. The highest BCUT2D eigenvalue weighted by Crippen LogP contribution is 2.16. The van der Waals surface area contributed by atoms with Gasteiger partial charge in [-0.1, -0.05) is 12.1 Å². The minimum absolute atomic E-state index is 0.0960. The molecule has 3 nitrogen and oxygen atoms in total. The van der Waals surface area contributed by atoms with E-state index in [0.717, 1.165) is 11.3 Å². The summed E-state index contributed by atoms with van der Waals surface area (Å²) in [5, 5.41) is 2.80. The van der Waals surface area contributed by atoms with Crippen LogP contribution in [0.4, 0.5) is 4.39 Å². The molecule has 116 valence electrons. The van der Waals surface area contributed by atoms with Crippen molar-refractivity contribution in [2.45, 2.75) is 26.5 Å². The molecule has 0 spiro atoms. The van der Waals surface area contributed by atoms with E-state index < -0.39 is 5.82 Å². The first-order chi connectivity index (χ1) is 10.5. The maximum atomic E-state index is 13.2. The Hall–Kier alpha value is -1.63. The van der Waals surface area contributed by atoms with Crippen LogP contribution in [0.3, 0.4) is 0 Å². The number of carbonyl (C=O) groups excluding carboxylic acids is 1. The zero-order valence-corrected chi connectivity index (χ0v) is 14.6. The smallest absolute Gasteiger partial charge is 0.252 e. The van der Waals surface area contributed by atoms with Crippen molar-refractivity contribution < 1.29 is 13.9 Å². The van der Waals surface area contributed by atoms with Crippen LogP contribution in [0.25, 0.3) is 0 Å². The Morgan fingerprint density at radius 2 is 2.05 bits per heavy atom. The van der Waals surface area contributed by atoms with E-state index >= 15 is 0 Å². The molecule has 2 rings (SSSR count). The summed E-state index contributed by atoms with van der Waals surface area (Å²) in [6.07, 6.45) is 0.0960. The Bertz CT molecular complexity index is 673. The first-order valence-electron chi connectivity index (χ1n) is 6.94. The molecule has 0 heterocycles. The fourth-order valence-corrected chi connectivity index (χ4v) is 2.53. The normalized spacial score (nSPS) is 10.6. The minimum atomic E-state index is -0.419. The number of hydrogen-bond acceptors (Lipinski definition) is 2. The van der Waals surface area contributed by atoms with Gasteiger partial charge in [0.25, 0.3) is 5.91 Å². The summed E-state index contributed by atoms with van der Waals surface area (Å²) in [5.41, 5.74) is 1.27. The number of ether oxygens (including phenoxy) is 1. The van der Waals surface area contributed by atoms with Crippen LogP contribution in [0, 0.1) is 9.39 Å². The molecule has 0 aromatic heterocycles. The van der Waals surface area contributed by atoms with Crippen LogP contribution in [-0.4, -0.2) is 12.0 Å². The molecule has 0 atom stereocenters. The lowest BCUT2D eigenvalue weighted by Gasteiger charge is -2.11. The first-order valence-corrected chi connectivity index (χ1v) is 8.02. The van der Waals surface area contributed by atoms with Gasteiger partial charge >= 0.3 is 0 Å². The van der Waals surface area contributed by atoms with Gasteiger partial charge in [-0.3, -0.25) is 4.79 Å². The Morgan fingerprint density at radius 3 is 2.77 bits per heavy atom. The summed E-state index contributed by atoms with van der Waals surface area (Å²) in [6, 6.07) is 11.7. The van der Waals surface area contributed by atoms with Gasteiger partial charge in [0.15, 0.2) is 0 Å². The van der Waals surface area contributed by atoms with Crippen LogP contribution in [0.2, 0.25) is 0 Å². The average Bonchev–Trinajstić information content (AvgIpc) is 2.47. The first kappa shape index (κ1) is 16.7. The molecule has 0 saturated carbocycles. The van der Waals surface area contributed by atoms with E-state index in [9.17, 15) is 9.18 Å². The van der Waals surface area contributed by atoms with Crippen LogP contribution in [0.5, 0.6) is 5.75 Å². The molecule has 2 aromatic rings. The lowest BCUT2D eigenvalue weighted by atomic mass is 10.2. The minimum Gasteiger partial charge on any atom is -0.491 e. The predicted molar refractivity (Wildman–Crippen MR) is 92.5 cm³/mol. The predicted octanol–water partition coefficient (Wildman–Crippen LogP) is 4.15. The van der Waals surface area contributed by atoms with E-state index in [4.69, 9.17) is 4.74 Å². The molecule has 1 amide bonds. The molecule has 2 aromatic carbocycles. The lowest BCUT2D eigenvalue weighted by molar-refractivity contribution is 0.0949. The van der Waals surface area contributed by atoms with E-state index in [2.05, 4.69) is 5.32 Å². The van der Waals surface area contributed by atoms with Gasteiger partial charge in [-0.15, -0.1) is 0 Å². The highest BCUT2D eigenvalue weighted by molar-refractivity contribution is 14.1. The van der Waals surface area contributed by atoms with Gasteiger partial charge in [0.1, 0.15) is 11.6 Å². The third-order valence-corrected chi connectivity index (χ3v) is 3.84. The SMILES string of the molecule is CC(C)Oc1cccc(CNC(=O)c2cc(F)ccc2I)c1. The van der Waals surface area contributed by atoms with E-state index in [1.165, 1.54) is 12.1 Å². The molecule has 0 bridgehead atoms. The Morgan fingerprint density at radius 1 is 1.27 bits per heavy atom. The summed E-state index contributed by atoms with van der Waals surface area (Å²) < 4.78 is 19.6. The summed E-state index contributed by atoms with van der Waals surface area (Å²) >= 11 is 2.02. The van der Waals surface area contributed by atoms with Crippen molar-refractivity contribution >= 4 is 28.5 Å². The summed E-state index contributed by atoms with van der Waals surface area (Å²) in [7, 11) is 0. The number of hydrogen-bond donors (Lipinski definition) is 1. The van der Waals surface area contributed by atoms with E-state index in [-0.39, 0.29) is 12.0 Å². The van der Waals surface area contributed by atoms with Crippen LogP contribution in [0.1, 0.15) is 29.8 Å². The van der Waals surface area contributed by atoms with Crippen molar-refractivity contribution in [3.63, 3.8) is 0 Å². The Kier molecular flexibility index (Phi) is 5.76. The molecule has 5 heteroatoms.